The Kier molecular flexibility index (Phi) is 2.61. The van der Waals surface area contributed by atoms with E-state index in [1.165, 1.54) is 12.8 Å². The van der Waals surface area contributed by atoms with E-state index in [9.17, 15) is 0 Å². The highest BCUT2D eigenvalue weighted by atomic mass is 16.3. The van der Waals surface area contributed by atoms with Crippen molar-refractivity contribution >= 4 is 11.0 Å². The second-order valence-corrected chi connectivity index (χ2v) is 5.47. The van der Waals surface area contributed by atoms with E-state index in [1.807, 2.05) is 30.3 Å². The number of nitriles is 1. The molecule has 104 valence electrons. The van der Waals surface area contributed by atoms with Gasteiger partial charge in [0.2, 0.25) is 0 Å². The van der Waals surface area contributed by atoms with Gasteiger partial charge in [0.25, 0.3) is 0 Å². The summed E-state index contributed by atoms with van der Waals surface area (Å²) in [5.74, 6) is 2.66. The molecular weight excluding hydrogens is 262 g/mol. The monoisotopic (exact) mass is 277 g/mol. The van der Waals surface area contributed by atoms with Crippen LogP contribution in [0.4, 0.5) is 0 Å². The molecule has 1 aromatic carbocycles. The van der Waals surface area contributed by atoms with Crippen LogP contribution in [-0.4, -0.2) is 9.55 Å². The second-order valence-electron chi connectivity index (χ2n) is 5.47. The summed E-state index contributed by atoms with van der Waals surface area (Å²) in [6.07, 6.45) is 3.24. The van der Waals surface area contributed by atoms with Crippen LogP contribution in [-0.2, 0) is 6.42 Å². The van der Waals surface area contributed by atoms with Gasteiger partial charge in [0, 0.05) is 12.5 Å². The lowest BCUT2D eigenvalue weighted by atomic mass is 10.2. The number of nitrogens with zero attached hydrogens (tertiary/aromatic N) is 3. The minimum absolute atomic E-state index is 0.508. The Balaban J connectivity index is 1.94. The molecule has 1 fully saturated rings. The van der Waals surface area contributed by atoms with Gasteiger partial charge in [0.15, 0.2) is 11.6 Å². The molecule has 4 nitrogen and oxygen atoms in total. The molecule has 1 saturated carbocycles. The largest absolute Gasteiger partial charge is 0.458 e. The van der Waals surface area contributed by atoms with Gasteiger partial charge in [-0.15, -0.1) is 0 Å². The number of furan rings is 1. The van der Waals surface area contributed by atoms with Crippen molar-refractivity contribution < 1.29 is 4.42 Å². The van der Waals surface area contributed by atoms with Gasteiger partial charge >= 0.3 is 0 Å². The molecule has 4 rings (SSSR count). The number of aryl methyl sites for hydroxylation is 1. The number of imidazole rings is 1. The molecule has 0 aliphatic heterocycles. The molecule has 3 aromatic rings. The average molecular weight is 277 g/mol. The van der Waals surface area contributed by atoms with E-state index < -0.39 is 0 Å². The Morgan fingerprint density at radius 2 is 2.19 bits per heavy atom. The van der Waals surface area contributed by atoms with E-state index in [1.54, 1.807) is 0 Å². The molecule has 0 amide bonds. The van der Waals surface area contributed by atoms with Crippen LogP contribution in [0.3, 0.4) is 0 Å². The first-order chi connectivity index (χ1) is 10.3. The lowest BCUT2D eigenvalue weighted by Gasteiger charge is -2.05. The molecule has 0 N–H and O–H groups in total. The van der Waals surface area contributed by atoms with Crippen LogP contribution in [0, 0.1) is 11.3 Å². The van der Waals surface area contributed by atoms with Gasteiger partial charge in [0.05, 0.1) is 22.7 Å². The van der Waals surface area contributed by atoms with Gasteiger partial charge in [-0.05, 0) is 43.2 Å². The lowest BCUT2D eigenvalue weighted by Crippen LogP contribution is -1.96. The fourth-order valence-corrected chi connectivity index (χ4v) is 2.73. The van der Waals surface area contributed by atoms with Gasteiger partial charge in [-0.25, -0.2) is 4.98 Å². The maximum absolute atomic E-state index is 9.04. The van der Waals surface area contributed by atoms with Crippen LogP contribution in [0.25, 0.3) is 22.6 Å². The van der Waals surface area contributed by atoms with Crippen LogP contribution in [0.2, 0.25) is 0 Å². The van der Waals surface area contributed by atoms with Gasteiger partial charge in [-0.1, -0.05) is 6.92 Å². The fraction of sp³-hybridized carbons (Fsp3) is 0.294. The van der Waals surface area contributed by atoms with Crippen LogP contribution >= 0.6 is 0 Å². The highest BCUT2D eigenvalue weighted by Gasteiger charge is 2.29. The van der Waals surface area contributed by atoms with E-state index in [0.29, 0.717) is 11.6 Å². The van der Waals surface area contributed by atoms with Crippen molar-refractivity contribution in [1.82, 2.24) is 9.55 Å². The van der Waals surface area contributed by atoms with Crippen LogP contribution in [0.1, 0.15) is 37.1 Å². The molecule has 4 heteroatoms. The van der Waals surface area contributed by atoms with Crippen molar-refractivity contribution in [3.05, 3.63) is 41.7 Å². The maximum atomic E-state index is 9.04. The summed E-state index contributed by atoms with van der Waals surface area (Å²) >= 11 is 0. The highest BCUT2D eigenvalue weighted by molar-refractivity contribution is 5.81. The lowest BCUT2D eigenvalue weighted by molar-refractivity contribution is 0.521. The Morgan fingerprint density at radius 3 is 2.86 bits per heavy atom. The first-order valence-electron chi connectivity index (χ1n) is 7.31. The molecule has 0 saturated heterocycles. The van der Waals surface area contributed by atoms with Crippen molar-refractivity contribution in [3.63, 3.8) is 0 Å². The van der Waals surface area contributed by atoms with E-state index in [4.69, 9.17) is 14.7 Å². The summed E-state index contributed by atoms with van der Waals surface area (Å²) < 4.78 is 8.13. The summed E-state index contributed by atoms with van der Waals surface area (Å²) in [6, 6.07) is 12.4. The van der Waals surface area contributed by atoms with Crippen molar-refractivity contribution in [3.8, 4) is 17.7 Å². The average Bonchev–Trinajstić information content (AvgIpc) is 3.12. The molecular formula is C17H15N3O. The Bertz CT molecular complexity index is 862. The molecule has 0 unspecified atom stereocenters. The number of aromatic nitrogens is 2. The maximum Gasteiger partial charge on any atom is 0.177 e. The summed E-state index contributed by atoms with van der Waals surface area (Å²) in [5, 5.41) is 9.04. The molecule has 0 atom stereocenters. The van der Waals surface area contributed by atoms with Crippen molar-refractivity contribution in [2.75, 3.05) is 0 Å². The Hall–Kier alpha value is -2.54. The van der Waals surface area contributed by atoms with Crippen molar-refractivity contribution in [2.24, 2.45) is 0 Å². The summed E-state index contributed by atoms with van der Waals surface area (Å²) in [5.41, 5.74) is 2.59. The fourth-order valence-electron chi connectivity index (χ4n) is 2.73. The Morgan fingerprint density at radius 1 is 1.33 bits per heavy atom. The molecule has 0 bridgehead atoms. The van der Waals surface area contributed by atoms with E-state index in [-0.39, 0.29) is 0 Å². The standard InChI is InChI=1S/C17H15N3O/c1-2-13-6-8-16(21-13)17-19-14-9-11(10-18)3-7-15(14)20(17)12-4-5-12/h3,6-9,12H,2,4-5H2,1H3. The number of hydrogen-bond donors (Lipinski definition) is 0. The summed E-state index contributed by atoms with van der Waals surface area (Å²) in [7, 11) is 0. The SMILES string of the molecule is CCc1ccc(-c2nc3cc(C#N)ccc3n2C2CC2)o1. The predicted octanol–water partition coefficient (Wildman–Crippen LogP) is 4.07. The van der Waals surface area contributed by atoms with E-state index in [2.05, 4.69) is 17.6 Å². The summed E-state index contributed by atoms with van der Waals surface area (Å²) in [4.78, 5) is 4.72. The van der Waals surface area contributed by atoms with Crippen LogP contribution < -0.4 is 0 Å². The Labute approximate surface area is 122 Å². The smallest absolute Gasteiger partial charge is 0.177 e. The highest BCUT2D eigenvalue weighted by Crippen LogP contribution is 2.41. The number of fused-ring (bicyclic) bond motifs is 1. The molecule has 21 heavy (non-hydrogen) atoms. The van der Waals surface area contributed by atoms with Crippen molar-refractivity contribution in [2.45, 2.75) is 32.2 Å². The molecule has 1 aliphatic carbocycles. The minimum Gasteiger partial charge on any atom is -0.458 e. The molecule has 0 radical (unpaired) electrons. The summed E-state index contributed by atoms with van der Waals surface area (Å²) in [6.45, 7) is 2.08. The van der Waals surface area contributed by atoms with Crippen LogP contribution in [0.15, 0.2) is 34.7 Å². The zero-order chi connectivity index (χ0) is 14.4. The van der Waals surface area contributed by atoms with Gasteiger partial charge in [-0.2, -0.15) is 5.26 Å². The molecule has 1 aliphatic rings. The zero-order valence-corrected chi connectivity index (χ0v) is 11.8. The van der Waals surface area contributed by atoms with Gasteiger partial charge in [0.1, 0.15) is 5.76 Å². The molecule has 2 aromatic heterocycles. The van der Waals surface area contributed by atoms with Crippen molar-refractivity contribution in [1.29, 1.82) is 5.26 Å². The number of hydrogen-bond acceptors (Lipinski definition) is 3. The van der Waals surface area contributed by atoms with Crippen LogP contribution in [0.5, 0.6) is 0 Å². The first-order valence-corrected chi connectivity index (χ1v) is 7.31. The first kappa shape index (κ1) is 12.2. The topological polar surface area (TPSA) is 54.8 Å². The van der Waals surface area contributed by atoms with E-state index >= 15 is 0 Å². The third kappa shape index (κ3) is 1.93. The second kappa shape index (κ2) is 4.49. The molecule has 0 spiro atoms. The quantitative estimate of drug-likeness (QED) is 0.725. The minimum atomic E-state index is 0.508. The zero-order valence-electron chi connectivity index (χ0n) is 11.8. The van der Waals surface area contributed by atoms with Gasteiger partial charge in [-0.3, -0.25) is 0 Å². The number of benzene rings is 1. The normalized spacial score (nSPS) is 14.5. The third-order valence-electron chi connectivity index (χ3n) is 3.96. The van der Waals surface area contributed by atoms with Gasteiger partial charge < -0.3 is 8.98 Å². The van der Waals surface area contributed by atoms with E-state index in [0.717, 1.165) is 34.8 Å². The predicted molar refractivity (Wildman–Crippen MR) is 79.8 cm³/mol. The third-order valence-corrected chi connectivity index (χ3v) is 3.96. The number of rotatable bonds is 3. The molecule has 2 heterocycles.